The number of hydrogen-bond donors (Lipinski definition) is 2. The van der Waals surface area contributed by atoms with Crippen LogP contribution in [0.3, 0.4) is 0 Å². The van der Waals surface area contributed by atoms with Crippen LogP contribution in [-0.2, 0) is 0 Å². The zero-order valence-electron chi connectivity index (χ0n) is 12.7. The molecule has 112 valence electrons. The van der Waals surface area contributed by atoms with E-state index in [0.717, 1.165) is 19.4 Å². The molecule has 2 N–H and O–H groups in total. The Bertz CT molecular complexity index is 262. The van der Waals surface area contributed by atoms with Gasteiger partial charge >= 0.3 is 0 Å². The molecule has 1 saturated heterocycles. The Kier molecular flexibility index (Phi) is 5.63. The Hall–Kier alpha value is -0.160. The predicted molar refractivity (Wildman–Crippen MR) is 79.4 cm³/mol. The van der Waals surface area contributed by atoms with Crippen LogP contribution in [0.5, 0.6) is 0 Å². The SMILES string of the molecule is CCNC1(CO)CCCC(N2CCN(CC)CC2)C1. The molecule has 0 radical (unpaired) electrons. The first kappa shape index (κ1) is 15.2. The molecule has 0 amide bonds. The molecule has 1 saturated carbocycles. The molecule has 19 heavy (non-hydrogen) atoms. The Balaban J connectivity index is 1.90. The van der Waals surface area contributed by atoms with E-state index < -0.39 is 0 Å². The number of rotatable bonds is 5. The lowest BCUT2D eigenvalue weighted by Gasteiger charge is -2.46. The highest BCUT2D eigenvalue weighted by atomic mass is 16.3. The molecule has 1 aliphatic heterocycles. The van der Waals surface area contributed by atoms with Gasteiger partial charge in [-0.05, 0) is 38.8 Å². The Morgan fingerprint density at radius 3 is 2.53 bits per heavy atom. The fourth-order valence-electron chi connectivity index (χ4n) is 3.82. The van der Waals surface area contributed by atoms with Crippen LogP contribution in [0.2, 0.25) is 0 Å². The Morgan fingerprint density at radius 1 is 1.21 bits per heavy atom. The second-order valence-corrected chi connectivity index (χ2v) is 6.19. The number of nitrogens with one attached hydrogen (secondary N) is 1. The van der Waals surface area contributed by atoms with Crippen LogP contribution in [-0.4, -0.2) is 72.4 Å². The summed E-state index contributed by atoms with van der Waals surface area (Å²) >= 11 is 0. The molecule has 2 fully saturated rings. The molecular weight excluding hydrogens is 238 g/mol. The van der Waals surface area contributed by atoms with Gasteiger partial charge in [0.05, 0.1) is 6.61 Å². The normalized spacial score (nSPS) is 34.6. The average Bonchev–Trinajstić information content (AvgIpc) is 2.48. The summed E-state index contributed by atoms with van der Waals surface area (Å²) < 4.78 is 0. The number of hydrogen-bond acceptors (Lipinski definition) is 4. The van der Waals surface area contributed by atoms with Crippen LogP contribution in [0.15, 0.2) is 0 Å². The molecule has 0 aromatic heterocycles. The standard InChI is InChI=1S/C15H31N3O/c1-3-16-15(13-19)7-5-6-14(12-15)18-10-8-17(4-2)9-11-18/h14,16,19H,3-13H2,1-2H3. The predicted octanol–water partition coefficient (Wildman–Crippen LogP) is 0.907. The van der Waals surface area contributed by atoms with Crippen molar-refractivity contribution in [2.24, 2.45) is 0 Å². The van der Waals surface area contributed by atoms with Gasteiger partial charge in [0.2, 0.25) is 0 Å². The minimum Gasteiger partial charge on any atom is -0.394 e. The van der Waals surface area contributed by atoms with E-state index in [1.807, 2.05) is 0 Å². The van der Waals surface area contributed by atoms with E-state index >= 15 is 0 Å². The summed E-state index contributed by atoms with van der Waals surface area (Å²) in [5.41, 5.74) is -0.0143. The second kappa shape index (κ2) is 7.02. The lowest BCUT2D eigenvalue weighted by atomic mass is 9.78. The molecule has 2 rings (SSSR count). The van der Waals surface area contributed by atoms with E-state index in [9.17, 15) is 5.11 Å². The molecule has 1 heterocycles. The number of nitrogens with zero attached hydrogens (tertiary/aromatic N) is 2. The molecule has 2 aliphatic rings. The van der Waals surface area contributed by atoms with Crippen LogP contribution >= 0.6 is 0 Å². The molecule has 4 heteroatoms. The van der Waals surface area contributed by atoms with Gasteiger partial charge < -0.3 is 15.3 Å². The highest BCUT2D eigenvalue weighted by Gasteiger charge is 2.37. The van der Waals surface area contributed by atoms with Gasteiger partial charge in [0.25, 0.3) is 0 Å². The van der Waals surface area contributed by atoms with Crippen molar-refractivity contribution in [1.29, 1.82) is 0 Å². The highest BCUT2D eigenvalue weighted by molar-refractivity contribution is 4.96. The van der Waals surface area contributed by atoms with Crippen LogP contribution in [0.25, 0.3) is 0 Å². The summed E-state index contributed by atoms with van der Waals surface area (Å²) in [7, 11) is 0. The summed E-state index contributed by atoms with van der Waals surface area (Å²) in [6.45, 7) is 11.6. The molecule has 0 aromatic carbocycles. The molecule has 4 nitrogen and oxygen atoms in total. The van der Waals surface area contributed by atoms with Crippen molar-refractivity contribution >= 4 is 0 Å². The molecular formula is C15H31N3O. The van der Waals surface area contributed by atoms with E-state index in [1.165, 1.54) is 45.6 Å². The van der Waals surface area contributed by atoms with Crippen molar-refractivity contribution in [2.75, 3.05) is 45.9 Å². The highest BCUT2D eigenvalue weighted by Crippen LogP contribution is 2.31. The van der Waals surface area contributed by atoms with E-state index in [0.29, 0.717) is 6.04 Å². The lowest BCUT2D eigenvalue weighted by Crippen LogP contribution is -2.58. The topological polar surface area (TPSA) is 38.7 Å². The largest absolute Gasteiger partial charge is 0.394 e. The van der Waals surface area contributed by atoms with Crippen LogP contribution in [0, 0.1) is 0 Å². The third-order valence-corrected chi connectivity index (χ3v) is 5.04. The summed E-state index contributed by atoms with van der Waals surface area (Å²) in [6, 6.07) is 0.666. The first-order chi connectivity index (χ1) is 9.23. The minimum atomic E-state index is -0.0143. The summed E-state index contributed by atoms with van der Waals surface area (Å²) in [5.74, 6) is 0. The van der Waals surface area contributed by atoms with Gasteiger partial charge in [0, 0.05) is 37.8 Å². The maximum atomic E-state index is 9.78. The zero-order valence-corrected chi connectivity index (χ0v) is 12.7. The van der Waals surface area contributed by atoms with Crippen molar-refractivity contribution in [1.82, 2.24) is 15.1 Å². The molecule has 2 atom stereocenters. The number of likely N-dealkylation sites (N-methyl/N-ethyl adjacent to an activating group) is 2. The fourth-order valence-corrected chi connectivity index (χ4v) is 3.82. The number of aliphatic hydroxyl groups is 1. The molecule has 2 unspecified atom stereocenters. The third-order valence-electron chi connectivity index (χ3n) is 5.04. The summed E-state index contributed by atoms with van der Waals surface area (Å²) in [4.78, 5) is 5.19. The van der Waals surface area contributed by atoms with Gasteiger partial charge in [-0.3, -0.25) is 4.90 Å². The zero-order chi connectivity index (χ0) is 13.7. The number of aliphatic hydroxyl groups excluding tert-OH is 1. The minimum absolute atomic E-state index is 0.0143. The van der Waals surface area contributed by atoms with Gasteiger partial charge in [-0.2, -0.15) is 0 Å². The van der Waals surface area contributed by atoms with Gasteiger partial charge in [-0.1, -0.05) is 13.8 Å². The van der Waals surface area contributed by atoms with Gasteiger partial charge in [-0.15, -0.1) is 0 Å². The van der Waals surface area contributed by atoms with Gasteiger partial charge in [-0.25, -0.2) is 0 Å². The molecule has 0 bridgehead atoms. The first-order valence-corrected chi connectivity index (χ1v) is 8.05. The average molecular weight is 269 g/mol. The monoisotopic (exact) mass is 269 g/mol. The summed E-state index contributed by atoms with van der Waals surface area (Å²) in [5, 5.41) is 13.3. The van der Waals surface area contributed by atoms with Crippen molar-refractivity contribution in [3.05, 3.63) is 0 Å². The molecule has 1 aliphatic carbocycles. The van der Waals surface area contributed by atoms with Crippen LogP contribution in [0.4, 0.5) is 0 Å². The maximum Gasteiger partial charge on any atom is 0.0613 e. The fraction of sp³-hybridized carbons (Fsp3) is 1.00. The van der Waals surface area contributed by atoms with Crippen molar-refractivity contribution in [3.8, 4) is 0 Å². The quantitative estimate of drug-likeness (QED) is 0.778. The van der Waals surface area contributed by atoms with Crippen LogP contribution < -0.4 is 5.32 Å². The van der Waals surface area contributed by atoms with Crippen LogP contribution in [0.1, 0.15) is 39.5 Å². The lowest BCUT2D eigenvalue weighted by molar-refractivity contribution is 0.0342. The third kappa shape index (κ3) is 3.69. The maximum absolute atomic E-state index is 9.78. The van der Waals surface area contributed by atoms with Crippen molar-refractivity contribution in [3.63, 3.8) is 0 Å². The second-order valence-electron chi connectivity index (χ2n) is 6.19. The van der Waals surface area contributed by atoms with E-state index in [-0.39, 0.29) is 12.1 Å². The van der Waals surface area contributed by atoms with E-state index in [4.69, 9.17) is 0 Å². The smallest absolute Gasteiger partial charge is 0.0613 e. The molecule has 0 aromatic rings. The van der Waals surface area contributed by atoms with E-state index in [1.54, 1.807) is 0 Å². The Labute approximate surface area is 118 Å². The van der Waals surface area contributed by atoms with Crippen molar-refractivity contribution in [2.45, 2.75) is 51.1 Å². The number of piperazine rings is 1. The summed E-state index contributed by atoms with van der Waals surface area (Å²) in [6.07, 6.45) is 4.79. The Morgan fingerprint density at radius 2 is 1.95 bits per heavy atom. The van der Waals surface area contributed by atoms with Gasteiger partial charge in [0.1, 0.15) is 0 Å². The van der Waals surface area contributed by atoms with Crippen molar-refractivity contribution < 1.29 is 5.11 Å². The van der Waals surface area contributed by atoms with E-state index in [2.05, 4.69) is 29.0 Å². The first-order valence-electron chi connectivity index (χ1n) is 8.05. The van der Waals surface area contributed by atoms with Gasteiger partial charge in [0.15, 0.2) is 0 Å². The molecule has 0 spiro atoms.